The van der Waals surface area contributed by atoms with Gasteiger partial charge in [-0.25, -0.2) is 0 Å². The molecule has 1 aromatic heterocycles. The van der Waals surface area contributed by atoms with Gasteiger partial charge in [-0.05, 0) is 56.3 Å². The Hall–Kier alpha value is -0.390. The lowest BCUT2D eigenvalue weighted by molar-refractivity contribution is 0.368. The van der Waals surface area contributed by atoms with Crippen LogP contribution in [0.1, 0.15) is 26.0 Å². The molecule has 1 heterocycles. The molecule has 1 N–H and O–H groups in total. The number of hydrogen-bond donors (Lipinski definition) is 1. The average Bonchev–Trinajstić information content (AvgIpc) is 2.65. The van der Waals surface area contributed by atoms with Crippen molar-refractivity contribution in [2.24, 2.45) is 0 Å². The van der Waals surface area contributed by atoms with Gasteiger partial charge in [0.05, 0.1) is 22.9 Å². The second-order valence-electron chi connectivity index (χ2n) is 4.96. The van der Waals surface area contributed by atoms with Gasteiger partial charge in [-0.15, -0.1) is 0 Å². The molecule has 0 saturated heterocycles. The van der Waals surface area contributed by atoms with Gasteiger partial charge in [0.1, 0.15) is 0 Å². The summed E-state index contributed by atoms with van der Waals surface area (Å²) in [5.41, 5.74) is 1.31. The maximum atomic E-state index is 4.43. The SMILES string of the molecule is CCNC(C)CCc1c(Br)cnn1CCN(C)C. The van der Waals surface area contributed by atoms with Crippen LogP contribution < -0.4 is 5.32 Å². The number of nitrogens with zero attached hydrogens (tertiary/aromatic N) is 3. The van der Waals surface area contributed by atoms with Crippen LogP contribution in [0.15, 0.2) is 10.7 Å². The predicted octanol–water partition coefficient (Wildman–Crippen LogP) is 2.14. The Balaban J connectivity index is 2.55. The van der Waals surface area contributed by atoms with Crippen LogP contribution >= 0.6 is 15.9 Å². The van der Waals surface area contributed by atoms with Crippen LogP contribution in [-0.2, 0) is 13.0 Å². The molecule has 0 aliphatic carbocycles. The Morgan fingerprint density at radius 2 is 2.22 bits per heavy atom. The van der Waals surface area contributed by atoms with Crippen LogP contribution in [0.5, 0.6) is 0 Å². The van der Waals surface area contributed by atoms with Gasteiger partial charge >= 0.3 is 0 Å². The van der Waals surface area contributed by atoms with E-state index in [4.69, 9.17) is 0 Å². The van der Waals surface area contributed by atoms with Gasteiger partial charge in [-0.3, -0.25) is 4.68 Å². The number of aromatic nitrogens is 2. The van der Waals surface area contributed by atoms with Crippen LogP contribution in [0.3, 0.4) is 0 Å². The van der Waals surface area contributed by atoms with Crippen LogP contribution in [0, 0.1) is 0 Å². The van der Waals surface area contributed by atoms with Crippen molar-refractivity contribution in [2.75, 3.05) is 27.2 Å². The fraction of sp³-hybridized carbons (Fsp3) is 0.769. The maximum absolute atomic E-state index is 4.43. The minimum atomic E-state index is 0.555. The minimum Gasteiger partial charge on any atom is -0.315 e. The Morgan fingerprint density at radius 3 is 2.83 bits per heavy atom. The van der Waals surface area contributed by atoms with Crippen molar-refractivity contribution in [3.63, 3.8) is 0 Å². The molecule has 0 aromatic carbocycles. The van der Waals surface area contributed by atoms with Gasteiger partial charge < -0.3 is 10.2 Å². The third-order valence-corrected chi connectivity index (χ3v) is 3.69. The normalized spacial score (nSPS) is 13.2. The molecular formula is C13H25BrN4. The molecule has 0 aliphatic rings. The number of halogens is 1. The molecular weight excluding hydrogens is 292 g/mol. The summed E-state index contributed by atoms with van der Waals surface area (Å²) in [6.07, 6.45) is 4.10. The summed E-state index contributed by atoms with van der Waals surface area (Å²) >= 11 is 3.60. The predicted molar refractivity (Wildman–Crippen MR) is 79.9 cm³/mol. The number of hydrogen-bond acceptors (Lipinski definition) is 3. The van der Waals surface area contributed by atoms with Gasteiger partial charge in [0.2, 0.25) is 0 Å². The van der Waals surface area contributed by atoms with E-state index in [1.807, 2.05) is 6.20 Å². The molecule has 104 valence electrons. The summed E-state index contributed by atoms with van der Waals surface area (Å²) in [7, 11) is 4.18. The van der Waals surface area contributed by atoms with E-state index in [9.17, 15) is 0 Å². The van der Waals surface area contributed by atoms with Crippen molar-refractivity contribution in [3.8, 4) is 0 Å². The van der Waals surface area contributed by atoms with Crippen molar-refractivity contribution < 1.29 is 0 Å². The van der Waals surface area contributed by atoms with Gasteiger partial charge in [0, 0.05) is 12.6 Å². The monoisotopic (exact) mass is 316 g/mol. The first-order valence-electron chi connectivity index (χ1n) is 6.62. The highest BCUT2D eigenvalue weighted by molar-refractivity contribution is 9.10. The Bertz CT molecular complexity index is 349. The van der Waals surface area contributed by atoms with Crippen LogP contribution in [0.4, 0.5) is 0 Å². The molecule has 0 amide bonds. The first-order chi connectivity index (χ1) is 8.54. The van der Waals surface area contributed by atoms with Crippen LogP contribution in [-0.4, -0.2) is 47.9 Å². The average molecular weight is 317 g/mol. The second-order valence-corrected chi connectivity index (χ2v) is 5.82. The Labute approximate surface area is 119 Å². The van der Waals surface area contributed by atoms with E-state index in [2.05, 4.69) is 63.9 Å². The molecule has 1 rings (SSSR count). The summed E-state index contributed by atoms with van der Waals surface area (Å²) in [4.78, 5) is 2.18. The van der Waals surface area contributed by atoms with E-state index in [0.717, 1.165) is 36.9 Å². The minimum absolute atomic E-state index is 0.555. The molecule has 0 saturated carbocycles. The first kappa shape index (κ1) is 15.7. The standard InChI is InChI=1S/C13H25BrN4/c1-5-15-11(2)6-7-13-12(14)10-16-18(13)9-8-17(3)4/h10-11,15H,5-9H2,1-4H3. The molecule has 0 radical (unpaired) electrons. The molecule has 1 atom stereocenters. The van der Waals surface area contributed by atoms with E-state index >= 15 is 0 Å². The van der Waals surface area contributed by atoms with E-state index in [0.29, 0.717) is 6.04 Å². The van der Waals surface area contributed by atoms with Crippen LogP contribution in [0.25, 0.3) is 0 Å². The lowest BCUT2D eigenvalue weighted by Crippen LogP contribution is -2.26. The fourth-order valence-corrected chi connectivity index (χ4v) is 2.42. The van der Waals surface area contributed by atoms with E-state index in [-0.39, 0.29) is 0 Å². The number of likely N-dealkylation sites (N-methyl/N-ethyl adjacent to an activating group) is 1. The van der Waals surface area contributed by atoms with E-state index < -0.39 is 0 Å². The summed E-state index contributed by atoms with van der Waals surface area (Å²) in [6.45, 7) is 7.38. The third kappa shape index (κ3) is 5.08. The lowest BCUT2D eigenvalue weighted by atomic mass is 10.1. The van der Waals surface area contributed by atoms with Crippen molar-refractivity contribution in [1.82, 2.24) is 20.0 Å². The fourth-order valence-electron chi connectivity index (χ4n) is 1.93. The summed E-state index contributed by atoms with van der Waals surface area (Å²) < 4.78 is 3.24. The zero-order valence-electron chi connectivity index (χ0n) is 11.9. The van der Waals surface area contributed by atoms with Crippen molar-refractivity contribution >= 4 is 15.9 Å². The Kier molecular flexibility index (Phi) is 6.89. The van der Waals surface area contributed by atoms with Gasteiger partial charge in [0.15, 0.2) is 0 Å². The molecule has 0 fully saturated rings. The van der Waals surface area contributed by atoms with Crippen molar-refractivity contribution in [2.45, 2.75) is 39.3 Å². The first-order valence-corrected chi connectivity index (χ1v) is 7.42. The summed E-state index contributed by atoms with van der Waals surface area (Å²) in [5, 5.41) is 7.88. The van der Waals surface area contributed by atoms with Gasteiger partial charge in [-0.2, -0.15) is 5.10 Å². The van der Waals surface area contributed by atoms with Crippen LogP contribution in [0.2, 0.25) is 0 Å². The van der Waals surface area contributed by atoms with E-state index in [1.165, 1.54) is 5.69 Å². The van der Waals surface area contributed by atoms with Crippen molar-refractivity contribution in [1.29, 1.82) is 0 Å². The Morgan fingerprint density at radius 1 is 1.50 bits per heavy atom. The molecule has 5 heteroatoms. The molecule has 18 heavy (non-hydrogen) atoms. The summed E-state index contributed by atoms with van der Waals surface area (Å²) in [5.74, 6) is 0. The molecule has 1 unspecified atom stereocenters. The quantitative estimate of drug-likeness (QED) is 0.797. The molecule has 0 spiro atoms. The highest BCUT2D eigenvalue weighted by Crippen LogP contribution is 2.18. The summed E-state index contributed by atoms with van der Waals surface area (Å²) in [6, 6.07) is 0.555. The topological polar surface area (TPSA) is 33.1 Å². The zero-order chi connectivity index (χ0) is 13.5. The van der Waals surface area contributed by atoms with E-state index in [1.54, 1.807) is 0 Å². The highest BCUT2D eigenvalue weighted by atomic mass is 79.9. The molecule has 1 aromatic rings. The maximum Gasteiger partial charge on any atom is 0.0635 e. The molecule has 4 nitrogen and oxygen atoms in total. The highest BCUT2D eigenvalue weighted by Gasteiger charge is 2.10. The van der Waals surface area contributed by atoms with Gasteiger partial charge in [0.25, 0.3) is 0 Å². The molecule has 0 aliphatic heterocycles. The third-order valence-electron chi connectivity index (χ3n) is 3.02. The van der Waals surface area contributed by atoms with Gasteiger partial charge in [-0.1, -0.05) is 6.92 Å². The van der Waals surface area contributed by atoms with Crippen molar-refractivity contribution in [3.05, 3.63) is 16.4 Å². The number of rotatable bonds is 8. The largest absolute Gasteiger partial charge is 0.315 e. The zero-order valence-corrected chi connectivity index (χ0v) is 13.5. The number of nitrogens with one attached hydrogen (secondary N) is 1. The smallest absolute Gasteiger partial charge is 0.0635 e. The lowest BCUT2D eigenvalue weighted by Gasteiger charge is -2.15. The second kappa shape index (κ2) is 7.92. The molecule has 0 bridgehead atoms.